The van der Waals surface area contributed by atoms with Gasteiger partial charge in [0.1, 0.15) is 0 Å². The summed E-state index contributed by atoms with van der Waals surface area (Å²) in [5.74, 6) is 0. The molecule has 0 radical (unpaired) electrons. The van der Waals surface area contributed by atoms with E-state index >= 15 is 0 Å². The molecule has 1 aromatic rings. The van der Waals surface area contributed by atoms with Crippen LogP contribution in [0, 0.1) is 13.8 Å². The zero-order chi connectivity index (χ0) is 12.8. The van der Waals surface area contributed by atoms with Crippen molar-refractivity contribution in [3.63, 3.8) is 0 Å². The van der Waals surface area contributed by atoms with E-state index in [9.17, 15) is 0 Å². The molecular formula is C14H27N3. The molecule has 0 aliphatic heterocycles. The van der Waals surface area contributed by atoms with Gasteiger partial charge in [0.05, 0.1) is 5.69 Å². The number of likely N-dealkylation sites (N-methyl/N-ethyl adjacent to an activating group) is 1. The summed E-state index contributed by atoms with van der Waals surface area (Å²) in [6, 6.07) is 0.586. The molecule has 3 heteroatoms. The molecule has 3 nitrogen and oxygen atoms in total. The lowest BCUT2D eigenvalue weighted by Gasteiger charge is -2.16. The lowest BCUT2D eigenvalue weighted by Crippen LogP contribution is -2.27. The van der Waals surface area contributed by atoms with Crippen LogP contribution in [-0.2, 0) is 13.5 Å². The molecule has 0 saturated carbocycles. The van der Waals surface area contributed by atoms with Crippen molar-refractivity contribution in [2.24, 2.45) is 7.05 Å². The average molecular weight is 237 g/mol. The molecule has 0 aromatic carbocycles. The van der Waals surface area contributed by atoms with Gasteiger partial charge < -0.3 is 5.32 Å². The molecule has 0 bridgehead atoms. The van der Waals surface area contributed by atoms with Crippen molar-refractivity contribution < 1.29 is 0 Å². The largest absolute Gasteiger partial charge is 0.317 e. The molecule has 98 valence electrons. The normalized spacial score (nSPS) is 13.0. The molecular weight excluding hydrogens is 210 g/mol. The zero-order valence-corrected chi connectivity index (χ0v) is 12.0. The molecule has 0 spiro atoms. The Morgan fingerprint density at radius 1 is 1.29 bits per heavy atom. The zero-order valence-electron chi connectivity index (χ0n) is 12.0. The van der Waals surface area contributed by atoms with Gasteiger partial charge in [-0.25, -0.2) is 0 Å². The Kier molecular flexibility index (Phi) is 5.69. The summed E-state index contributed by atoms with van der Waals surface area (Å²) in [5.41, 5.74) is 3.90. The minimum atomic E-state index is 0.586. The molecule has 1 heterocycles. The summed E-state index contributed by atoms with van der Waals surface area (Å²) < 4.78 is 1.99. The molecule has 0 aliphatic carbocycles. The van der Waals surface area contributed by atoms with E-state index < -0.39 is 0 Å². The Hall–Kier alpha value is -0.830. The summed E-state index contributed by atoms with van der Waals surface area (Å²) in [6.45, 7) is 6.53. The van der Waals surface area contributed by atoms with Crippen LogP contribution in [0.15, 0.2) is 0 Å². The summed E-state index contributed by atoms with van der Waals surface area (Å²) in [6.07, 6.45) is 6.31. The van der Waals surface area contributed by atoms with Gasteiger partial charge in [0.2, 0.25) is 0 Å². The molecule has 0 fully saturated rings. The number of aryl methyl sites for hydroxylation is 2. The Bertz CT molecular complexity index is 341. The minimum absolute atomic E-state index is 0.586. The Morgan fingerprint density at radius 2 is 2.00 bits per heavy atom. The van der Waals surface area contributed by atoms with E-state index in [-0.39, 0.29) is 0 Å². The molecule has 1 atom stereocenters. The molecule has 0 aliphatic rings. The van der Waals surface area contributed by atoms with Crippen LogP contribution >= 0.6 is 0 Å². The summed E-state index contributed by atoms with van der Waals surface area (Å²) in [5, 5.41) is 7.92. The fourth-order valence-electron chi connectivity index (χ4n) is 2.35. The summed E-state index contributed by atoms with van der Waals surface area (Å²) in [4.78, 5) is 0. The monoisotopic (exact) mass is 237 g/mol. The first-order valence-electron chi connectivity index (χ1n) is 6.76. The first kappa shape index (κ1) is 14.2. The molecule has 0 saturated heterocycles. The maximum Gasteiger partial charge on any atom is 0.0628 e. The Morgan fingerprint density at radius 3 is 2.47 bits per heavy atom. The third-order valence-electron chi connectivity index (χ3n) is 3.67. The van der Waals surface area contributed by atoms with Crippen molar-refractivity contribution in [3.05, 3.63) is 17.0 Å². The highest BCUT2D eigenvalue weighted by Gasteiger charge is 2.14. The maximum atomic E-state index is 4.48. The molecule has 1 rings (SSSR count). The van der Waals surface area contributed by atoms with Gasteiger partial charge in [0.25, 0.3) is 0 Å². The van der Waals surface area contributed by atoms with E-state index in [1.165, 1.54) is 42.6 Å². The fraction of sp³-hybridized carbons (Fsp3) is 0.786. The van der Waals surface area contributed by atoms with Crippen LogP contribution in [0.1, 0.15) is 49.6 Å². The van der Waals surface area contributed by atoms with Crippen LogP contribution in [0.2, 0.25) is 0 Å². The van der Waals surface area contributed by atoms with E-state index in [1.54, 1.807) is 0 Å². The molecule has 1 unspecified atom stereocenters. The average Bonchev–Trinajstić information content (AvgIpc) is 2.54. The van der Waals surface area contributed by atoms with Gasteiger partial charge in [0, 0.05) is 18.8 Å². The maximum absolute atomic E-state index is 4.48. The van der Waals surface area contributed by atoms with E-state index in [0.717, 1.165) is 6.42 Å². The number of rotatable bonds is 7. The lowest BCUT2D eigenvalue weighted by molar-refractivity contribution is 0.488. The van der Waals surface area contributed by atoms with Crippen LogP contribution in [0.3, 0.4) is 0 Å². The molecule has 1 aromatic heterocycles. The molecule has 1 N–H and O–H groups in total. The number of nitrogens with one attached hydrogen (secondary N) is 1. The van der Waals surface area contributed by atoms with Crippen molar-refractivity contribution >= 4 is 0 Å². The number of hydrogen-bond acceptors (Lipinski definition) is 2. The second-order valence-electron chi connectivity index (χ2n) is 4.96. The van der Waals surface area contributed by atoms with Gasteiger partial charge in [0.15, 0.2) is 0 Å². The quantitative estimate of drug-likeness (QED) is 0.739. The van der Waals surface area contributed by atoms with E-state index in [1.807, 2.05) is 11.7 Å². The fourth-order valence-corrected chi connectivity index (χ4v) is 2.35. The molecule has 17 heavy (non-hydrogen) atoms. The van der Waals surface area contributed by atoms with Crippen molar-refractivity contribution in [3.8, 4) is 0 Å². The van der Waals surface area contributed by atoms with Gasteiger partial charge in [-0.05, 0) is 39.3 Å². The highest BCUT2D eigenvalue weighted by Crippen LogP contribution is 2.16. The second kappa shape index (κ2) is 6.80. The van der Waals surface area contributed by atoms with Crippen LogP contribution in [0.5, 0.6) is 0 Å². The van der Waals surface area contributed by atoms with Crippen molar-refractivity contribution in [1.82, 2.24) is 15.1 Å². The van der Waals surface area contributed by atoms with Gasteiger partial charge >= 0.3 is 0 Å². The summed E-state index contributed by atoms with van der Waals surface area (Å²) in [7, 11) is 4.09. The third kappa shape index (κ3) is 3.84. The minimum Gasteiger partial charge on any atom is -0.317 e. The number of nitrogens with zero attached hydrogens (tertiary/aromatic N) is 2. The predicted octanol–water partition coefficient (Wildman–Crippen LogP) is 2.75. The lowest BCUT2D eigenvalue weighted by atomic mass is 9.99. The van der Waals surface area contributed by atoms with Gasteiger partial charge in [-0.3, -0.25) is 4.68 Å². The highest BCUT2D eigenvalue weighted by molar-refractivity contribution is 5.25. The van der Waals surface area contributed by atoms with Crippen molar-refractivity contribution in [2.75, 3.05) is 7.05 Å². The van der Waals surface area contributed by atoms with Gasteiger partial charge in [-0.1, -0.05) is 26.2 Å². The summed E-state index contributed by atoms with van der Waals surface area (Å²) >= 11 is 0. The highest BCUT2D eigenvalue weighted by atomic mass is 15.3. The third-order valence-corrected chi connectivity index (χ3v) is 3.67. The Balaban J connectivity index is 2.60. The first-order chi connectivity index (χ1) is 8.10. The van der Waals surface area contributed by atoms with Crippen LogP contribution in [0.4, 0.5) is 0 Å². The standard InChI is InChI=1S/C14H27N3/c1-6-7-8-9-13(15-4)10-14-11(2)16-17(5)12(14)3/h13,15H,6-10H2,1-5H3. The smallest absolute Gasteiger partial charge is 0.0628 e. The van der Waals surface area contributed by atoms with Crippen LogP contribution in [-0.4, -0.2) is 22.9 Å². The predicted molar refractivity (Wildman–Crippen MR) is 73.4 cm³/mol. The van der Waals surface area contributed by atoms with Gasteiger partial charge in [-0.15, -0.1) is 0 Å². The number of aromatic nitrogens is 2. The van der Waals surface area contributed by atoms with Crippen molar-refractivity contribution in [2.45, 2.75) is 58.9 Å². The SMILES string of the molecule is CCCCCC(Cc1c(C)nn(C)c1C)NC. The molecule has 0 amide bonds. The number of unbranched alkanes of at least 4 members (excludes halogenated alkanes) is 2. The Labute approximate surface area is 106 Å². The number of hydrogen-bond donors (Lipinski definition) is 1. The van der Waals surface area contributed by atoms with E-state index in [2.05, 4.69) is 38.2 Å². The second-order valence-corrected chi connectivity index (χ2v) is 4.96. The van der Waals surface area contributed by atoms with Crippen LogP contribution in [0.25, 0.3) is 0 Å². The topological polar surface area (TPSA) is 29.9 Å². The van der Waals surface area contributed by atoms with E-state index in [0.29, 0.717) is 6.04 Å². The van der Waals surface area contributed by atoms with Crippen LogP contribution < -0.4 is 5.32 Å². The van der Waals surface area contributed by atoms with Gasteiger partial charge in [-0.2, -0.15) is 5.10 Å². The van der Waals surface area contributed by atoms with E-state index in [4.69, 9.17) is 0 Å². The first-order valence-corrected chi connectivity index (χ1v) is 6.76. The van der Waals surface area contributed by atoms with Crippen molar-refractivity contribution in [1.29, 1.82) is 0 Å².